The maximum Gasteiger partial charge on any atom is 0.146 e. The number of fused-ring (bicyclic) bond motifs is 1. The van der Waals surface area contributed by atoms with Gasteiger partial charge in [0, 0.05) is 17.8 Å². The zero-order valence-corrected chi connectivity index (χ0v) is 10.9. The summed E-state index contributed by atoms with van der Waals surface area (Å²) in [6, 6.07) is 2.04. The van der Waals surface area contributed by atoms with E-state index < -0.39 is 0 Å². The van der Waals surface area contributed by atoms with Crippen molar-refractivity contribution in [1.29, 1.82) is 0 Å². The third-order valence-electron chi connectivity index (χ3n) is 4.61. The summed E-state index contributed by atoms with van der Waals surface area (Å²) in [6.45, 7) is 3.11. The Morgan fingerprint density at radius 2 is 2.22 bits per heavy atom. The van der Waals surface area contributed by atoms with Crippen LogP contribution in [0.1, 0.15) is 44.2 Å². The Morgan fingerprint density at radius 1 is 1.44 bits per heavy atom. The van der Waals surface area contributed by atoms with E-state index in [0.29, 0.717) is 5.92 Å². The summed E-state index contributed by atoms with van der Waals surface area (Å²) in [5.41, 5.74) is 0.817. The predicted molar refractivity (Wildman–Crippen MR) is 69.6 cm³/mol. The van der Waals surface area contributed by atoms with Gasteiger partial charge in [-0.15, -0.1) is 0 Å². The number of nitrogens with one attached hydrogen (secondary N) is 1. The van der Waals surface area contributed by atoms with E-state index in [9.17, 15) is 4.39 Å². The van der Waals surface area contributed by atoms with Crippen LogP contribution in [0.2, 0.25) is 0 Å². The highest BCUT2D eigenvalue weighted by molar-refractivity contribution is 5.23. The predicted octanol–water partition coefficient (Wildman–Crippen LogP) is 3.31. The summed E-state index contributed by atoms with van der Waals surface area (Å²) in [4.78, 5) is 3.86. The smallest absolute Gasteiger partial charge is 0.146 e. The van der Waals surface area contributed by atoms with Crippen molar-refractivity contribution in [2.75, 3.05) is 6.54 Å². The normalized spacial score (nSPS) is 31.1. The molecule has 0 saturated heterocycles. The van der Waals surface area contributed by atoms with E-state index in [0.717, 1.165) is 30.4 Å². The van der Waals surface area contributed by atoms with E-state index in [1.807, 2.05) is 6.07 Å². The van der Waals surface area contributed by atoms with Crippen LogP contribution in [-0.2, 0) is 0 Å². The van der Waals surface area contributed by atoms with Crippen LogP contribution in [-0.4, -0.2) is 11.5 Å². The summed E-state index contributed by atoms with van der Waals surface area (Å²) in [6.07, 6.45) is 8.18. The largest absolute Gasteiger partial charge is 0.310 e. The molecule has 18 heavy (non-hydrogen) atoms. The van der Waals surface area contributed by atoms with Crippen molar-refractivity contribution in [1.82, 2.24) is 10.3 Å². The van der Waals surface area contributed by atoms with Gasteiger partial charge in [-0.1, -0.05) is 13.3 Å². The zero-order chi connectivity index (χ0) is 12.5. The van der Waals surface area contributed by atoms with Crippen molar-refractivity contribution < 1.29 is 4.39 Å². The molecule has 0 bridgehead atoms. The maximum atomic E-state index is 13.9. The molecule has 0 amide bonds. The fourth-order valence-corrected chi connectivity index (χ4v) is 3.76. The highest BCUT2D eigenvalue weighted by atomic mass is 19.1. The minimum absolute atomic E-state index is 0.156. The summed E-state index contributed by atoms with van der Waals surface area (Å²) in [5.74, 6) is 2.18. The first-order valence-electron chi connectivity index (χ1n) is 7.15. The second-order valence-electron chi connectivity index (χ2n) is 5.66. The second kappa shape index (κ2) is 4.96. The molecule has 0 radical (unpaired) electrons. The fraction of sp³-hybridized carbons (Fsp3) is 0.667. The molecule has 2 saturated carbocycles. The van der Waals surface area contributed by atoms with Crippen LogP contribution in [0.4, 0.5) is 4.39 Å². The van der Waals surface area contributed by atoms with E-state index >= 15 is 0 Å². The number of hydrogen-bond donors (Lipinski definition) is 1. The van der Waals surface area contributed by atoms with Gasteiger partial charge < -0.3 is 5.32 Å². The van der Waals surface area contributed by atoms with Gasteiger partial charge in [0.25, 0.3) is 0 Å². The summed E-state index contributed by atoms with van der Waals surface area (Å²) < 4.78 is 13.9. The average Bonchev–Trinajstić information content (AvgIpc) is 2.85. The van der Waals surface area contributed by atoms with Gasteiger partial charge in [0.2, 0.25) is 0 Å². The van der Waals surface area contributed by atoms with Gasteiger partial charge in [0.05, 0.1) is 6.20 Å². The lowest BCUT2D eigenvalue weighted by molar-refractivity contribution is 0.403. The number of nitrogens with zero attached hydrogens (tertiary/aromatic N) is 1. The van der Waals surface area contributed by atoms with Crippen LogP contribution in [0, 0.1) is 23.6 Å². The standard InChI is InChI=1S/C15H21FN2/c1-2-7-18-15(12-6-8-17-9-13(12)16)14-10-4-3-5-11(10)14/h6,8-11,14-15,18H,2-5,7H2,1H3. The van der Waals surface area contributed by atoms with Crippen molar-refractivity contribution in [3.8, 4) is 0 Å². The van der Waals surface area contributed by atoms with Gasteiger partial charge >= 0.3 is 0 Å². The van der Waals surface area contributed by atoms with Crippen LogP contribution in [0.15, 0.2) is 18.5 Å². The Hall–Kier alpha value is -0.960. The lowest BCUT2D eigenvalue weighted by atomic mass is 9.97. The Morgan fingerprint density at radius 3 is 2.89 bits per heavy atom. The number of aromatic nitrogens is 1. The molecule has 1 aromatic rings. The number of hydrogen-bond acceptors (Lipinski definition) is 2. The minimum Gasteiger partial charge on any atom is -0.310 e. The molecule has 2 aliphatic rings. The first kappa shape index (κ1) is 12.1. The Kier molecular flexibility index (Phi) is 3.33. The van der Waals surface area contributed by atoms with Crippen molar-refractivity contribution in [3.63, 3.8) is 0 Å². The van der Waals surface area contributed by atoms with E-state index in [-0.39, 0.29) is 11.9 Å². The lowest BCUT2D eigenvalue weighted by Crippen LogP contribution is -2.26. The first-order chi connectivity index (χ1) is 8.83. The van der Waals surface area contributed by atoms with E-state index in [1.54, 1.807) is 6.20 Å². The monoisotopic (exact) mass is 248 g/mol. The summed E-state index contributed by atoms with van der Waals surface area (Å²) in [7, 11) is 0. The molecule has 1 aromatic heterocycles. The molecule has 2 nitrogen and oxygen atoms in total. The Labute approximate surface area is 108 Å². The van der Waals surface area contributed by atoms with E-state index in [1.165, 1.54) is 25.5 Å². The SMILES string of the molecule is CCCNC(c1ccncc1F)C1C2CCCC21. The minimum atomic E-state index is -0.156. The molecule has 3 heteroatoms. The van der Waals surface area contributed by atoms with Crippen molar-refractivity contribution in [2.24, 2.45) is 17.8 Å². The Balaban J connectivity index is 1.80. The number of pyridine rings is 1. The molecule has 0 aromatic carbocycles. The first-order valence-corrected chi connectivity index (χ1v) is 7.15. The average molecular weight is 248 g/mol. The van der Waals surface area contributed by atoms with Crippen molar-refractivity contribution in [3.05, 3.63) is 29.8 Å². The molecular formula is C15H21FN2. The van der Waals surface area contributed by atoms with Crippen LogP contribution in [0.5, 0.6) is 0 Å². The molecular weight excluding hydrogens is 227 g/mol. The van der Waals surface area contributed by atoms with E-state index in [2.05, 4.69) is 17.2 Å². The van der Waals surface area contributed by atoms with Gasteiger partial charge in [-0.2, -0.15) is 0 Å². The van der Waals surface area contributed by atoms with Crippen molar-refractivity contribution >= 4 is 0 Å². The van der Waals surface area contributed by atoms with Gasteiger partial charge in [-0.3, -0.25) is 4.98 Å². The third kappa shape index (κ3) is 2.05. The zero-order valence-electron chi connectivity index (χ0n) is 10.9. The van der Waals surface area contributed by atoms with Gasteiger partial charge in [0.1, 0.15) is 5.82 Å². The summed E-state index contributed by atoms with van der Waals surface area (Å²) >= 11 is 0. The molecule has 98 valence electrons. The Bertz CT molecular complexity index is 411. The molecule has 2 aliphatic carbocycles. The van der Waals surface area contributed by atoms with Gasteiger partial charge in [0.15, 0.2) is 0 Å². The van der Waals surface area contributed by atoms with Gasteiger partial charge in [-0.05, 0) is 49.6 Å². The van der Waals surface area contributed by atoms with Crippen LogP contribution < -0.4 is 5.32 Å². The lowest BCUT2D eigenvalue weighted by Gasteiger charge is -2.21. The fourth-order valence-electron chi connectivity index (χ4n) is 3.76. The highest BCUT2D eigenvalue weighted by Crippen LogP contribution is 2.62. The summed E-state index contributed by atoms with van der Waals surface area (Å²) in [5, 5.41) is 3.55. The van der Waals surface area contributed by atoms with Gasteiger partial charge in [-0.25, -0.2) is 4.39 Å². The molecule has 1 N–H and O–H groups in total. The quantitative estimate of drug-likeness (QED) is 0.864. The molecule has 3 rings (SSSR count). The van der Waals surface area contributed by atoms with E-state index in [4.69, 9.17) is 0 Å². The molecule has 2 fully saturated rings. The van der Waals surface area contributed by atoms with Crippen LogP contribution in [0.25, 0.3) is 0 Å². The number of rotatable bonds is 5. The third-order valence-corrected chi connectivity index (χ3v) is 4.61. The molecule has 3 atom stereocenters. The molecule has 3 unspecified atom stereocenters. The highest BCUT2D eigenvalue weighted by Gasteiger charge is 2.56. The molecule has 1 heterocycles. The molecule has 0 aliphatic heterocycles. The maximum absolute atomic E-state index is 13.9. The topological polar surface area (TPSA) is 24.9 Å². The van der Waals surface area contributed by atoms with Crippen LogP contribution >= 0.6 is 0 Å². The number of halogens is 1. The van der Waals surface area contributed by atoms with Crippen molar-refractivity contribution in [2.45, 2.75) is 38.6 Å². The van der Waals surface area contributed by atoms with Crippen LogP contribution in [0.3, 0.4) is 0 Å². The second-order valence-corrected chi connectivity index (χ2v) is 5.66. The molecule has 0 spiro atoms.